The Hall–Kier alpha value is -1.61. The highest BCUT2D eigenvalue weighted by Gasteiger charge is 2.44. The topological polar surface area (TPSA) is 99.4 Å². The summed E-state index contributed by atoms with van der Waals surface area (Å²) in [5, 5.41) is 40.0. The van der Waals surface area contributed by atoms with Gasteiger partial charge in [-0.1, -0.05) is 24.3 Å². The zero-order chi connectivity index (χ0) is 20.5. The summed E-state index contributed by atoms with van der Waals surface area (Å²) >= 11 is 1.80. The number of methoxy groups -OCH3 is 1. The second-order valence-corrected chi connectivity index (χ2v) is 8.66. The molecule has 2 aliphatic rings. The normalized spacial score (nSPS) is 31.9. The van der Waals surface area contributed by atoms with E-state index in [1.54, 1.807) is 18.9 Å². The van der Waals surface area contributed by atoms with Gasteiger partial charge in [-0.25, -0.2) is 0 Å². The fourth-order valence-corrected chi connectivity index (χ4v) is 5.24. The van der Waals surface area contributed by atoms with E-state index in [1.165, 1.54) is 10.5 Å². The van der Waals surface area contributed by atoms with Gasteiger partial charge in [-0.3, -0.25) is 0 Å². The van der Waals surface area contributed by atoms with Crippen molar-refractivity contribution in [2.45, 2.75) is 47.8 Å². The third-order valence-corrected chi connectivity index (χ3v) is 7.08. The first-order chi connectivity index (χ1) is 14.0. The Kier molecular flexibility index (Phi) is 6.15. The van der Waals surface area contributed by atoms with Gasteiger partial charge in [0, 0.05) is 10.6 Å². The lowest BCUT2D eigenvalue weighted by Gasteiger charge is -2.40. The number of aliphatic hydroxyl groups excluding tert-OH is 4. The molecule has 0 amide bonds. The molecule has 2 heterocycles. The number of aliphatic hydroxyl groups is 4. The van der Waals surface area contributed by atoms with Gasteiger partial charge in [0.25, 0.3) is 0 Å². The number of rotatable bonds is 4. The lowest BCUT2D eigenvalue weighted by Crippen LogP contribution is -2.55. The molecule has 0 aromatic heterocycles. The zero-order valence-corrected chi connectivity index (χ0v) is 17.0. The SMILES string of the molecule is COc1ccc(C2CSc3ccc(C4OC(CO)C(O)C(O)C4O)cc3C2)cc1. The summed E-state index contributed by atoms with van der Waals surface area (Å²) < 4.78 is 11.0. The van der Waals surface area contributed by atoms with Crippen LogP contribution in [0.5, 0.6) is 5.75 Å². The minimum absolute atomic E-state index is 0.364. The highest BCUT2D eigenvalue weighted by atomic mass is 32.2. The Labute approximate surface area is 174 Å². The van der Waals surface area contributed by atoms with Gasteiger partial charge in [-0.2, -0.15) is 0 Å². The van der Waals surface area contributed by atoms with Crippen LogP contribution < -0.4 is 4.74 Å². The Morgan fingerprint density at radius 2 is 1.72 bits per heavy atom. The lowest BCUT2D eigenvalue weighted by atomic mass is 9.88. The summed E-state index contributed by atoms with van der Waals surface area (Å²) in [5.41, 5.74) is 3.15. The monoisotopic (exact) mass is 418 g/mol. The maximum Gasteiger partial charge on any atom is 0.118 e. The van der Waals surface area contributed by atoms with Crippen molar-refractivity contribution in [3.8, 4) is 5.75 Å². The lowest BCUT2D eigenvalue weighted by molar-refractivity contribution is -0.231. The number of thioether (sulfide) groups is 1. The maximum atomic E-state index is 10.4. The first-order valence-corrected chi connectivity index (χ1v) is 10.7. The first-order valence-electron chi connectivity index (χ1n) is 9.72. The molecule has 6 atom stereocenters. The minimum Gasteiger partial charge on any atom is -0.497 e. The third kappa shape index (κ3) is 4.03. The minimum atomic E-state index is -1.37. The molecular formula is C22H26O6S. The molecule has 0 spiro atoms. The summed E-state index contributed by atoms with van der Waals surface area (Å²) in [6.07, 6.45) is -4.83. The van der Waals surface area contributed by atoms with Gasteiger partial charge >= 0.3 is 0 Å². The number of benzene rings is 2. The van der Waals surface area contributed by atoms with Crippen molar-refractivity contribution >= 4 is 11.8 Å². The van der Waals surface area contributed by atoms with Crippen molar-refractivity contribution in [3.63, 3.8) is 0 Å². The van der Waals surface area contributed by atoms with E-state index in [1.807, 2.05) is 30.3 Å². The van der Waals surface area contributed by atoms with Gasteiger partial charge in [0.2, 0.25) is 0 Å². The van der Waals surface area contributed by atoms with Crippen molar-refractivity contribution in [2.75, 3.05) is 19.5 Å². The van der Waals surface area contributed by atoms with Crippen LogP contribution in [0.15, 0.2) is 47.4 Å². The molecule has 0 aliphatic carbocycles. The Morgan fingerprint density at radius 3 is 2.41 bits per heavy atom. The van der Waals surface area contributed by atoms with Crippen molar-refractivity contribution in [1.29, 1.82) is 0 Å². The van der Waals surface area contributed by atoms with Gasteiger partial charge in [-0.05, 0) is 47.2 Å². The number of ether oxygens (including phenoxy) is 2. The average molecular weight is 419 g/mol. The molecule has 156 valence electrons. The van der Waals surface area contributed by atoms with Gasteiger partial charge in [0.1, 0.15) is 36.3 Å². The third-order valence-electron chi connectivity index (χ3n) is 5.80. The predicted molar refractivity (Wildman–Crippen MR) is 109 cm³/mol. The van der Waals surface area contributed by atoms with E-state index < -0.39 is 37.1 Å². The first kappa shape index (κ1) is 20.7. The molecule has 2 aromatic carbocycles. The molecular weight excluding hydrogens is 392 g/mol. The van der Waals surface area contributed by atoms with Crippen LogP contribution in [0.4, 0.5) is 0 Å². The summed E-state index contributed by atoms with van der Waals surface area (Å²) in [6, 6.07) is 14.0. The summed E-state index contributed by atoms with van der Waals surface area (Å²) in [5.74, 6) is 2.18. The van der Waals surface area contributed by atoms with E-state index in [4.69, 9.17) is 9.47 Å². The van der Waals surface area contributed by atoms with E-state index in [9.17, 15) is 20.4 Å². The van der Waals surface area contributed by atoms with Crippen molar-refractivity contribution in [3.05, 3.63) is 59.2 Å². The molecule has 2 aliphatic heterocycles. The fourth-order valence-electron chi connectivity index (χ4n) is 4.06. The average Bonchev–Trinajstić information content (AvgIpc) is 2.77. The van der Waals surface area contributed by atoms with E-state index in [0.717, 1.165) is 29.1 Å². The molecule has 7 heteroatoms. The molecule has 6 nitrogen and oxygen atoms in total. The summed E-state index contributed by atoms with van der Waals surface area (Å²) in [4.78, 5) is 1.20. The van der Waals surface area contributed by atoms with Crippen LogP contribution in [0.3, 0.4) is 0 Å². The molecule has 0 bridgehead atoms. The van der Waals surface area contributed by atoms with E-state index in [-0.39, 0.29) is 0 Å². The van der Waals surface area contributed by atoms with Crippen LogP contribution >= 0.6 is 11.8 Å². The quantitative estimate of drug-likeness (QED) is 0.599. The van der Waals surface area contributed by atoms with Gasteiger partial charge in [0.15, 0.2) is 0 Å². The molecule has 1 fully saturated rings. The highest BCUT2D eigenvalue weighted by Crippen LogP contribution is 2.40. The molecule has 4 N–H and O–H groups in total. The predicted octanol–water partition coefficient (Wildman–Crippen LogP) is 1.64. The fraction of sp³-hybridized carbons (Fsp3) is 0.455. The van der Waals surface area contributed by atoms with Crippen LogP contribution in [-0.2, 0) is 11.2 Å². The van der Waals surface area contributed by atoms with E-state index in [0.29, 0.717) is 5.92 Å². The molecule has 6 unspecified atom stereocenters. The van der Waals surface area contributed by atoms with Gasteiger partial charge < -0.3 is 29.9 Å². The van der Waals surface area contributed by atoms with Crippen molar-refractivity contribution in [1.82, 2.24) is 0 Å². The Balaban J connectivity index is 1.57. The van der Waals surface area contributed by atoms with Crippen LogP contribution in [-0.4, -0.2) is 64.3 Å². The van der Waals surface area contributed by atoms with Gasteiger partial charge in [-0.15, -0.1) is 11.8 Å². The summed E-state index contributed by atoms with van der Waals surface area (Å²) in [7, 11) is 1.66. The molecule has 29 heavy (non-hydrogen) atoms. The molecule has 0 radical (unpaired) electrons. The van der Waals surface area contributed by atoms with Crippen LogP contribution in [0.25, 0.3) is 0 Å². The van der Waals surface area contributed by atoms with Gasteiger partial charge in [0.05, 0.1) is 13.7 Å². The number of hydrogen-bond donors (Lipinski definition) is 4. The molecule has 4 rings (SSSR count). The zero-order valence-electron chi connectivity index (χ0n) is 16.1. The Morgan fingerprint density at radius 1 is 1.00 bits per heavy atom. The largest absolute Gasteiger partial charge is 0.497 e. The second kappa shape index (κ2) is 8.63. The van der Waals surface area contributed by atoms with Crippen LogP contribution in [0, 0.1) is 0 Å². The van der Waals surface area contributed by atoms with Crippen LogP contribution in [0.2, 0.25) is 0 Å². The molecule has 1 saturated heterocycles. The van der Waals surface area contributed by atoms with Crippen LogP contribution in [0.1, 0.15) is 28.7 Å². The smallest absolute Gasteiger partial charge is 0.118 e. The number of fused-ring (bicyclic) bond motifs is 1. The summed E-state index contributed by atoms with van der Waals surface area (Å²) in [6.45, 7) is -0.429. The molecule has 2 aromatic rings. The van der Waals surface area contributed by atoms with E-state index in [2.05, 4.69) is 12.1 Å². The highest BCUT2D eigenvalue weighted by molar-refractivity contribution is 7.99. The molecule has 0 saturated carbocycles. The number of hydrogen-bond acceptors (Lipinski definition) is 7. The maximum absolute atomic E-state index is 10.4. The van der Waals surface area contributed by atoms with Crippen molar-refractivity contribution in [2.24, 2.45) is 0 Å². The second-order valence-electron chi connectivity index (χ2n) is 7.60. The van der Waals surface area contributed by atoms with E-state index >= 15 is 0 Å². The Bertz CT molecular complexity index is 840. The standard InChI is InChI=1S/C22H26O6S/c1-27-16-5-2-12(3-6-16)15-9-14-8-13(4-7-18(14)29-11-15)22-21(26)20(25)19(24)17(10-23)28-22/h2-8,15,17,19-26H,9-11H2,1H3. The van der Waals surface area contributed by atoms with Crippen molar-refractivity contribution < 1.29 is 29.9 Å².